The molecule has 6 rings (SSSR count). The van der Waals surface area contributed by atoms with Crippen molar-refractivity contribution in [1.82, 2.24) is 5.32 Å². The van der Waals surface area contributed by atoms with Crippen LogP contribution in [-0.4, -0.2) is 11.7 Å². The lowest BCUT2D eigenvalue weighted by Crippen LogP contribution is -2.52. The normalized spacial score (nSPS) is 35.4. The number of hydrogen-bond donors (Lipinski definition) is 1. The minimum Gasteiger partial charge on any atom is -0.345 e. The van der Waals surface area contributed by atoms with E-state index in [0.717, 1.165) is 43.2 Å². The molecule has 188 valence electrons. The molecule has 3 heteroatoms. The molecule has 0 saturated heterocycles. The number of amides is 1. The van der Waals surface area contributed by atoms with E-state index in [-0.39, 0.29) is 28.7 Å². The molecule has 4 aliphatic carbocycles. The summed E-state index contributed by atoms with van der Waals surface area (Å²) in [7, 11) is 0. The largest absolute Gasteiger partial charge is 0.345 e. The summed E-state index contributed by atoms with van der Waals surface area (Å²) in [6.45, 7) is 4.86. The van der Waals surface area contributed by atoms with Crippen LogP contribution in [0.5, 0.6) is 0 Å². The number of hydrogen-bond acceptors (Lipinski definition) is 2. The fourth-order valence-corrected chi connectivity index (χ4v) is 8.88. The van der Waals surface area contributed by atoms with Crippen LogP contribution in [0.1, 0.15) is 82.4 Å². The van der Waals surface area contributed by atoms with E-state index in [4.69, 9.17) is 0 Å². The van der Waals surface area contributed by atoms with Crippen molar-refractivity contribution in [1.29, 1.82) is 0 Å². The number of carbonyl (C=O) groups is 2. The van der Waals surface area contributed by atoms with Gasteiger partial charge in [-0.15, -0.1) is 0 Å². The second-order valence-electron chi connectivity index (χ2n) is 12.4. The molecule has 0 aromatic heterocycles. The molecule has 0 spiro atoms. The van der Waals surface area contributed by atoms with Crippen LogP contribution in [0.15, 0.2) is 72.3 Å². The zero-order valence-electron chi connectivity index (χ0n) is 21.7. The summed E-state index contributed by atoms with van der Waals surface area (Å²) in [5.41, 5.74) is 3.93. The Morgan fingerprint density at radius 3 is 2.17 bits per heavy atom. The minimum atomic E-state index is -0.125. The lowest BCUT2D eigenvalue weighted by molar-refractivity contribution is -0.133. The lowest BCUT2D eigenvalue weighted by atomic mass is 9.47. The van der Waals surface area contributed by atoms with Crippen molar-refractivity contribution in [3.8, 4) is 0 Å². The summed E-state index contributed by atoms with van der Waals surface area (Å²) in [6.07, 6.45) is 10.4. The molecule has 0 radical (unpaired) electrons. The first-order chi connectivity index (χ1) is 17.4. The van der Waals surface area contributed by atoms with E-state index < -0.39 is 0 Å². The van der Waals surface area contributed by atoms with Crippen molar-refractivity contribution in [2.45, 2.75) is 71.3 Å². The molecule has 2 aromatic rings. The monoisotopic (exact) mass is 481 g/mol. The Morgan fingerprint density at radius 1 is 0.833 bits per heavy atom. The highest BCUT2D eigenvalue weighted by Crippen LogP contribution is 2.66. The van der Waals surface area contributed by atoms with Crippen LogP contribution >= 0.6 is 0 Å². The number of ketones is 1. The quantitative estimate of drug-likeness (QED) is 0.509. The Bertz CT molecular complexity index is 1130. The molecule has 0 aliphatic heterocycles. The van der Waals surface area contributed by atoms with Crippen molar-refractivity contribution < 1.29 is 9.59 Å². The van der Waals surface area contributed by atoms with Crippen LogP contribution in [0.25, 0.3) is 0 Å². The molecule has 6 atom stereocenters. The third-order valence-electron chi connectivity index (χ3n) is 10.8. The first kappa shape index (κ1) is 23.7. The van der Waals surface area contributed by atoms with Gasteiger partial charge in [0, 0.05) is 12.3 Å². The molecule has 0 unspecified atom stereocenters. The van der Waals surface area contributed by atoms with Gasteiger partial charge in [0.2, 0.25) is 5.91 Å². The van der Waals surface area contributed by atoms with Crippen molar-refractivity contribution >= 4 is 11.7 Å². The Hall–Kier alpha value is -2.68. The third-order valence-corrected chi connectivity index (χ3v) is 10.8. The van der Waals surface area contributed by atoms with E-state index in [2.05, 4.69) is 67.7 Å². The van der Waals surface area contributed by atoms with Gasteiger partial charge in [-0.05, 0) is 90.7 Å². The van der Waals surface area contributed by atoms with Gasteiger partial charge in [-0.2, -0.15) is 0 Å². The van der Waals surface area contributed by atoms with E-state index >= 15 is 0 Å². The highest BCUT2D eigenvalue weighted by atomic mass is 16.2. The molecule has 2 aromatic carbocycles. The Morgan fingerprint density at radius 2 is 1.50 bits per heavy atom. The average Bonchev–Trinajstić information content (AvgIpc) is 3.26. The maximum absolute atomic E-state index is 14.0. The van der Waals surface area contributed by atoms with Gasteiger partial charge in [0.05, 0.1) is 6.04 Å². The highest BCUT2D eigenvalue weighted by Gasteiger charge is 2.60. The Labute approximate surface area is 215 Å². The molecule has 0 heterocycles. The first-order valence-electron chi connectivity index (χ1n) is 14.0. The number of fused-ring (bicyclic) bond motifs is 5. The number of nitrogens with one attached hydrogen (secondary N) is 1. The minimum absolute atomic E-state index is 0.0608. The van der Waals surface area contributed by atoms with Crippen molar-refractivity contribution in [3.05, 3.63) is 83.4 Å². The van der Waals surface area contributed by atoms with Crippen molar-refractivity contribution in [2.75, 3.05) is 0 Å². The van der Waals surface area contributed by atoms with E-state index in [1.165, 1.54) is 18.4 Å². The van der Waals surface area contributed by atoms with Crippen LogP contribution in [0.4, 0.5) is 0 Å². The van der Waals surface area contributed by atoms with E-state index in [9.17, 15) is 9.59 Å². The SMILES string of the molecule is C[C@]12CC[C@H]3[C@@H](CCC4=CC(=O)CC[C@@]43C)[C@@H]1CC[C@@H]2C(=O)NC(c1ccccc1)c1ccccc1. The first-order valence-corrected chi connectivity index (χ1v) is 14.0. The molecule has 3 fully saturated rings. The summed E-state index contributed by atoms with van der Waals surface area (Å²) < 4.78 is 0. The third kappa shape index (κ3) is 3.78. The molecule has 1 N–H and O–H groups in total. The molecule has 3 nitrogen and oxygen atoms in total. The Balaban J connectivity index is 1.24. The van der Waals surface area contributed by atoms with Gasteiger partial charge in [0.15, 0.2) is 5.78 Å². The second kappa shape index (κ2) is 9.01. The van der Waals surface area contributed by atoms with Crippen LogP contribution in [0.3, 0.4) is 0 Å². The molecule has 1 amide bonds. The number of benzene rings is 2. The van der Waals surface area contributed by atoms with Gasteiger partial charge in [-0.25, -0.2) is 0 Å². The summed E-state index contributed by atoms with van der Waals surface area (Å²) in [6, 6.07) is 20.6. The molecule has 4 aliphatic rings. The van der Waals surface area contributed by atoms with Crippen LogP contribution in [0, 0.1) is 34.5 Å². The van der Waals surface area contributed by atoms with Gasteiger partial charge < -0.3 is 5.32 Å². The lowest BCUT2D eigenvalue weighted by Gasteiger charge is -2.58. The number of allylic oxidation sites excluding steroid dienone is 1. The molecular formula is C33H39NO2. The predicted octanol–water partition coefficient (Wildman–Crippen LogP) is 7.04. The fourth-order valence-electron chi connectivity index (χ4n) is 8.88. The molecular weight excluding hydrogens is 442 g/mol. The molecule has 36 heavy (non-hydrogen) atoms. The topological polar surface area (TPSA) is 46.2 Å². The van der Waals surface area contributed by atoms with Crippen LogP contribution < -0.4 is 5.32 Å². The fraction of sp³-hybridized carbons (Fsp3) is 0.515. The maximum atomic E-state index is 14.0. The van der Waals surface area contributed by atoms with E-state index in [0.29, 0.717) is 30.0 Å². The Kier molecular flexibility index (Phi) is 5.93. The van der Waals surface area contributed by atoms with Gasteiger partial charge in [0.25, 0.3) is 0 Å². The van der Waals surface area contributed by atoms with Gasteiger partial charge in [-0.3, -0.25) is 9.59 Å². The second-order valence-corrected chi connectivity index (χ2v) is 12.4. The number of rotatable bonds is 4. The van der Waals surface area contributed by atoms with E-state index in [1.807, 2.05) is 18.2 Å². The van der Waals surface area contributed by atoms with Crippen LogP contribution in [-0.2, 0) is 9.59 Å². The van der Waals surface area contributed by atoms with Gasteiger partial charge in [-0.1, -0.05) is 80.1 Å². The summed E-state index contributed by atoms with van der Waals surface area (Å²) >= 11 is 0. The van der Waals surface area contributed by atoms with Crippen molar-refractivity contribution in [3.63, 3.8) is 0 Å². The highest BCUT2D eigenvalue weighted by molar-refractivity contribution is 5.91. The van der Waals surface area contributed by atoms with Gasteiger partial charge in [0.1, 0.15) is 0 Å². The summed E-state index contributed by atoms with van der Waals surface area (Å²) in [5.74, 6) is 2.56. The molecule has 0 bridgehead atoms. The standard InChI is InChI=1S/C33H39NO2/c1-32-19-17-25(35)21-24(32)13-14-26-27-15-16-29(33(27,2)20-18-28(26)32)31(36)34-30(22-9-5-3-6-10-22)23-11-7-4-8-12-23/h3-12,21,26-30H,13-20H2,1-2H3,(H,34,36)/t26-,27-,28-,29+,32-,33-/m0/s1. The maximum Gasteiger partial charge on any atom is 0.224 e. The zero-order valence-corrected chi connectivity index (χ0v) is 21.7. The predicted molar refractivity (Wildman–Crippen MR) is 143 cm³/mol. The number of carbonyl (C=O) groups excluding carboxylic acids is 2. The average molecular weight is 482 g/mol. The van der Waals surface area contributed by atoms with Crippen LogP contribution in [0.2, 0.25) is 0 Å². The molecule has 3 saturated carbocycles. The van der Waals surface area contributed by atoms with Gasteiger partial charge >= 0.3 is 0 Å². The van der Waals surface area contributed by atoms with Crippen molar-refractivity contribution in [2.24, 2.45) is 34.5 Å². The smallest absolute Gasteiger partial charge is 0.224 e. The summed E-state index contributed by atoms with van der Waals surface area (Å²) in [5, 5.41) is 3.49. The van der Waals surface area contributed by atoms with E-state index in [1.54, 1.807) is 0 Å². The summed E-state index contributed by atoms with van der Waals surface area (Å²) in [4.78, 5) is 26.1. The zero-order chi connectivity index (χ0) is 24.9.